The van der Waals surface area contributed by atoms with Gasteiger partial charge in [0.2, 0.25) is 5.91 Å². The highest BCUT2D eigenvalue weighted by Crippen LogP contribution is 2.39. The largest absolute Gasteiger partial charge is 0.477 e. The molecule has 0 aromatic carbocycles. The zero-order valence-electron chi connectivity index (χ0n) is 14.0. The average Bonchev–Trinajstić information content (AvgIpc) is 3.12. The molecule has 27 heavy (non-hydrogen) atoms. The molecule has 4 N–H and O–H groups in total. The Kier molecular flexibility index (Phi) is 5.65. The van der Waals surface area contributed by atoms with E-state index in [1.54, 1.807) is 6.92 Å². The maximum atomic E-state index is 12.4. The van der Waals surface area contributed by atoms with Gasteiger partial charge < -0.3 is 15.7 Å². The van der Waals surface area contributed by atoms with Crippen LogP contribution >= 0.6 is 23.5 Å². The van der Waals surface area contributed by atoms with E-state index in [4.69, 9.17) is 0 Å². The second-order valence-electron chi connectivity index (χ2n) is 5.44. The second kappa shape index (κ2) is 7.96. The van der Waals surface area contributed by atoms with Gasteiger partial charge in [-0.15, -0.1) is 22.0 Å². The minimum Gasteiger partial charge on any atom is -0.477 e. The fraction of sp³-hybridized carbons (Fsp3) is 0.462. The average molecular weight is 413 g/mol. The lowest BCUT2D eigenvalue weighted by molar-refractivity contribution is -0.150. The van der Waals surface area contributed by atoms with Crippen molar-refractivity contribution in [1.29, 1.82) is 0 Å². The molecule has 14 heteroatoms. The maximum absolute atomic E-state index is 12.4. The molecule has 1 fully saturated rings. The SMILES string of the molecule is CCSC(=O)NC1=C(C(=O)O)N2C(=O)C(NC(=O)Cc3nn[nH]n3)[C@H]2SC1. The minimum atomic E-state index is -1.32. The maximum Gasteiger partial charge on any atom is 0.354 e. The molecule has 3 rings (SSSR count). The Balaban J connectivity index is 1.70. The topological polar surface area (TPSA) is 170 Å². The van der Waals surface area contributed by atoms with E-state index in [1.807, 2.05) is 0 Å². The van der Waals surface area contributed by atoms with Crippen LogP contribution in [0.15, 0.2) is 11.4 Å². The van der Waals surface area contributed by atoms with Crippen molar-refractivity contribution in [3.8, 4) is 0 Å². The smallest absolute Gasteiger partial charge is 0.354 e. The quantitative estimate of drug-likeness (QED) is 0.420. The number of nitrogens with zero attached hydrogens (tertiary/aromatic N) is 4. The molecule has 3 amide bonds. The fourth-order valence-corrected chi connectivity index (χ4v) is 4.37. The van der Waals surface area contributed by atoms with Crippen LogP contribution in [0, 0.1) is 0 Å². The van der Waals surface area contributed by atoms with Crippen LogP contribution in [0.25, 0.3) is 0 Å². The number of hydrogen-bond acceptors (Lipinski definition) is 9. The summed E-state index contributed by atoms with van der Waals surface area (Å²) in [4.78, 5) is 49.0. The first kappa shape index (κ1) is 19.2. The number of tetrazole rings is 1. The van der Waals surface area contributed by atoms with Crippen molar-refractivity contribution in [2.75, 3.05) is 11.5 Å². The number of hydrogen-bond donors (Lipinski definition) is 4. The number of aliphatic carboxylic acids is 1. The molecular formula is C13H15N7O5S2. The van der Waals surface area contributed by atoms with E-state index in [0.29, 0.717) is 5.75 Å². The summed E-state index contributed by atoms with van der Waals surface area (Å²) < 4.78 is 0. The minimum absolute atomic E-state index is 0.158. The van der Waals surface area contributed by atoms with Crippen LogP contribution in [-0.2, 0) is 20.8 Å². The van der Waals surface area contributed by atoms with Crippen LogP contribution in [0.2, 0.25) is 0 Å². The fourth-order valence-electron chi connectivity index (χ4n) is 2.63. The summed E-state index contributed by atoms with van der Waals surface area (Å²) in [5, 5.41) is 26.5. The molecule has 1 aromatic heterocycles. The van der Waals surface area contributed by atoms with Gasteiger partial charge in [0, 0.05) is 5.75 Å². The Hall–Kier alpha value is -2.61. The zero-order valence-corrected chi connectivity index (χ0v) is 15.6. The summed E-state index contributed by atoms with van der Waals surface area (Å²) in [5.41, 5.74) is -0.0999. The summed E-state index contributed by atoms with van der Waals surface area (Å²) in [5.74, 6) is -1.44. The highest BCUT2D eigenvalue weighted by molar-refractivity contribution is 8.13. The summed E-state index contributed by atoms with van der Waals surface area (Å²) in [7, 11) is 0. The monoisotopic (exact) mass is 413 g/mol. The van der Waals surface area contributed by atoms with Gasteiger partial charge in [-0.3, -0.25) is 19.3 Å². The van der Waals surface area contributed by atoms with Crippen LogP contribution < -0.4 is 10.6 Å². The number of β-lactam (4-membered cyclic amide) rings is 1. The van der Waals surface area contributed by atoms with Crippen molar-refractivity contribution in [2.45, 2.75) is 24.8 Å². The molecule has 1 aromatic rings. The third kappa shape index (κ3) is 3.90. The summed E-state index contributed by atoms with van der Waals surface area (Å²) in [6, 6.07) is -0.856. The van der Waals surface area contributed by atoms with Crippen LogP contribution in [0.4, 0.5) is 4.79 Å². The van der Waals surface area contributed by atoms with Crippen molar-refractivity contribution in [3.63, 3.8) is 0 Å². The Morgan fingerprint density at radius 2 is 2.22 bits per heavy atom. The molecule has 0 aliphatic carbocycles. The first-order valence-electron chi connectivity index (χ1n) is 7.79. The number of carbonyl (C=O) groups excluding carboxylic acids is 3. The second-order valence-corrected chi connectivity index (χ2v) is 7.78. The molecule has 0 spiro atoms. The molecule has 0 radical (unpaired) electrons. The number of aromatic amines is 1. The number of nitrogens with one attached hydrogen (secondary N) is 3. The molecule has 144 valence electrons. The molecule has 0 bridgehead atoms. The molecular weight excluding hydrogens is 398 g/mol. The number of amides is 3. The Labute approximate surface area is 160 Å². The van der Waals surface area contributed by atoms with E-state index >= 15 is 0 Å². The number of fused-ring (bicyclic) bond motifs is 1. The number of carbonyl (C=O) groups is 4. The predicted molar refractivity (Wildman–Crippen MR) is 94.2 cm³/mol. The van der Waals surface area contributed by atoms with Crippen molar-refractivity contribution in [3.05, 3.63) is 17.2 Å². The number of H-pyrrole nitrogens is 1. The molecule has 2 aliphatic heterocycles. The number of aromatic nitrogens is 4. The third-order valence-corrected chi connectivity index (χ3v) is 5.66. The van der Waals surface area contributed by atoms with Gasteiger partial charge in [-0.25, -0.2) is 4.79 Å². The molecule has 3 heterocycles. The van der Waals surface area contributed by atoms with Crippen LogP contribution in [0.5, 0.6) is 0 Å². The molecule has 0 saturated carbocycles. The van der Waals surface area contributed by atoms with E-state index in [2.05, 4.69) is 31.3 Å². The molecule has 2 aliphatic rings. The van der Waals surface area contributed by atoms with Gasteiger partial charge >= 0.3 is 5.97 Å². The van der Waals surface area contributed by atoms with Crippen LogP contribution in [0.1, 0.15) is 12.7 Å². The normalized spacial score (nSPS) is 21.4. The molecule has 1 saturated heterocycles. The third-order valence-electron chi connectivity index (χ3n) is 3.72. The van der Waals surface area contributed by atoms with Crippen molar-refractivity contribution in [1.82, 2.24) is 36.2 Å². The summed E-state index contributed by atoms with van der Waals surface area (Å²) in [6.45, 7) is 1.79. The molecule has 12 nitrogen and oxygen atoms in total. The molecule has 2 atom stereocenters. The van der Waals surface area contributed by atoms with E-state index < -0.39 is 29.2 Å². The van der Waals surface area contributed by atoms with Gasteiger partial charge in [0.25, 0.3) is 11.1 Å². The van der Waals surface area contributed by atoms with E-state index in [0.717, 1.165) is 16.7 Å². The van der Waals surface area contributed by atoms with Crippen LogP contribution in [0.3, 0.4) is 0 Å². The number of thioether (sulfide) groups is 2. The Morgan fingerprint density at radius 3 is 2.85 bits per heavy atom. The lowest BCUT2D eigenvalue weighted by Crippen LogP contribution is -2.71. The standard InChI is InChI=1S/C13H15N7O5S2/c1-2-26-13(25)14-5-4-27-11-8(10(22)20(11)9(5)12(23)24)15-7(21)3-6-16-18-19-17-6/h8,11H,2-4H2,1H3,(H,14,25)(H,15,21)(H,23,24)(H,16,17,18,19)/t8?,11-/m1/s1. The summed E-state index contributed by atoms with van der Waals surface area (Å²) in [6.07, 6.45) is -0.158. The lowest BCUT2D eigenvalue weighted by atomic mass is 10.0. The van der Waals surface area contributed by atoms with E-state index in [9.17, 15) is 24.3 Å². The Morgan fingerprint density at radius 1 is 1.44 bits per heavy atom. The van der Waals surface area contributed by atoms with Gasteiger partial charge in [0.15, 0.2) is 11.5 Å². The van der Waals surface area contributed by atoms with Crippen molar-refractivity contribution >= 4 is 46.5 Å². The van der Waals surface area contributed by atoms with Crippen molar-refractivity contribution in [2.24, 2.45) is 0 Å². The van der Waals surface area contributed by atoms with Gasteiger partial charge in [0.05, 0.1) is 12.1 Å². The van der Waals surface area contributed by atoms with Gasteiger partial charge in [-0.05, 0) is 5.75 Å². The lowest BCUT2D eigenvalue weighted by Gasteiger charge is -2.49. The first-order valence-corrected chi connectivity index (χ1v) is 9.82. The highest BCUT2D eigenvalue weighted by Gasteiger charge is 2.54. The van der Waals surface area contributed by atoms with Gasteiger partial charge in [-0.1, -0.05) is 23.9 Å². The zero-order chi connectivity index (χ0) is 19.6. The van der Waals surface area contributed by atoms with Crippen LogP contribution in [-0.4, -0.2) is 76.6 Å². The number of carboxylic acid groups (broad SMARTS) is 1. The number of rotatable bonds is 6. The van der Waals surface area contributed by atoms with Gasteiger partial charge in [0.1, 0.15) is 11.4 Å². The van der Waals surface area contributed by atoms with E-state index in [1.165, 1.54) is 11.8 Å². The number of carboxylic acids is 1. The Bertz CT molecular complexity index is 812. The van der Waals surface area contributed by atoms with E-state index in [-0.39, 0.29) is 34.6 Å². The first-order chi connectivity index (χ1) is 12.9. The highest BCUT2D eigenvalue weighted by atomic mass is 32.2. The summed E-state index contributed by atoms with van der Waals surface area (Å²) >= 11 is 2.26. The van der Waals surface area contributed by atoms with Crippen molar-refractivity contribution < 1.29 is 24.3 Å². The molecule has 1 unspecified atom stereocenters. The predicted octanol–water partition coefficient (Wildman–Crippen LogP) is -1.10. The van der Waals surface area contributed by atoms with Gasteiger partial charge in [-0.2, -0.15) is 5.21 Å².